The van der Waals surface area contributed by atoms with Crippen LogP contribution in [0.15, 0.2) is 52.9 Å². The molecule has 1 aromatic heterocycles. The second-order valence-corrected chi connectivity index (χ2v) is 6.56. The molecule has 3 aromatic rings. The van der Waals surface area contributed by atoms with E-state index in [9.17, 15) is 4.79 Å². The van der Waals surface area contributed by atoms with E-state index in [-0.39, 0.29) is 11.9 Å². The number of carbonyl (C=O) groups excluding carboxylic acids is 1. The molecular formula is C22H25NO4. The fourth-order valence-electron chi connectivity index (χ4n) is 2.89. The fraction of sp³-hybridized carbons (Fsp3) is 0.318. The van der Waals surface area contributed by atoms with Crippen molar-refractivity contribution in [3.63, 3.8) is 0 Å². The lowest BCUT2D eigenvalue weighted by molar-refractivity contribution is -0.128. The molecule has 0 aliphatic heterocycles. The van der Waals surface area contributed by atoms with Gasteiger partial charge in [-0.1, -0.05) is 24.3 Å². The van der Waals surface area contributed by atoms with Crippen LogP contribution in [0, 0.1) is 6.92 Å². The average Bonchev–Trinajstić information content (AvgIpc) is 3.07. The van der Waals surface area contributed by atoms with Crippen molar-refractivity contribution in [3.05, 3.63) is 59.9 Å². The quantitative estimate of drug-likeness (QED) is 0.652. The van der Waals surface area contributed by atoms with E-state index in [0.29, 0.717) is 29.4 Å². The number of aryl methyl sites for hydroxylation is 1. The summed E-state index contributed by atoms with van der Waals surface area (Å²) in [5.74, 6) is 1.86. The highest BCUT2D eigenvalue weighted by Gasteiger charge is 2.20. The smallest absolute Gasteiger partial charge is 0.261 e. The lowest BCUT2D eigenvalue weighted by Crippen LogP contribution is -2.37. The maximum Gasteiger partial charge on any atom is 0.261 e. The molecule has 2 unspecified atom stereocenters. The fourth-order valence-corrected chi connectivity index (χ4v) is 2.89. The highest BCUT2D eigenvalue weighted by molar-refractivity contribution is 5.84. The lowest BCUT2D eigenvalue weighted by Gasteiger charge is -2.17. The molecule has 1 N–H and O–H groups in total. The summed E-state index contributed by atoms with van der Waals surface area (Å²) >= 11 is 0. The van der Waals surface area contributed by atoms with Crippen molar-refractivity contribution in [1.29, 1.82) is 0 Å². The third kappa shape index (κ3) is 4.42. The SMILES string of the molecule is CCOc1cccc2cc(C(C)NC(=O)C(C)Oc3cccc(C)c3)oc12. The van der Waals surface area contributed by atoms with Gasteiger partial charge in [-0.15, -0.1) is 0 Å². The molecule has 0 aliphatic carbocycles. The van der Waals surface area contributed by atoms with Crippen LogP contribution in [0.2, 0.25) is 0 Å². The normalized spacial score (nSPS) is 13.2. The summed E-state index contributed by atoms with van der Waals surface area (Å²) in [6.07, 6.45) is -0.613. The molecule has 0 aliphatic rings. The van der Waals surface area contributed by atoms with Gasteiger partial charge < -0.3 is 19.2 Å². The van der Waals surface area contributed by atoms with Crippen LogP contribution in [0.3, 0.4) is 0 Å². The lowest BCUT2D eigenvalue weighted by atomic mass is 10.2. The van der Waals surface area contributed by atoms with E-state index in [1.54, 1.807) is 6.92 Å². The molecular weight excluding hydrogens is 342 g/mol. The molecule has 0 saturated heterocycles. The van der Waals surface area contributed by atoms with Gasteiger partial charge in [-0.3, -0.25) is 4.79 Å². The maximum atomic E-state index is 12.5. The maximum absolute atomic E-state index is 12.5. The second kappa shape index (κ2) is 8.16. The molecule has 1 amide bonds. The van der Waals surface area contributed by atoms with Crippen molar-refractivity contribution in [2.45, 2.75) is 39.8 Å². The minimum atomic E-state index is -0.613. The van der Waals surface area contributed by atoms with Crippen LogP contribution in [-0.2, 0) is 4.79 Å². The first-order chi connectivity index (χ1) is 13.0. The predicted octanol–water partition coefficient (Wildman–Crippen LogP) is 4.78. The number of fused-ring (bicyclic) bond motifs is 1. The van der Waals surface area contributed by atoms with Crippen LogP contribution in [0.5, 0.6) is 11.5 Å². The number of hydrogen-bond acceptors (Lipinski definition) is 4. The van der Waals surface area contributed by atoms with Gasteiger partial charge >= 0.3 is 0 Å². The Morgan fingerprint density at radius 1 is 1.15 bits per heavy atom. The number of carbonyl (C=O) groups is 1. The van der Waals surface area contributed by atoms with Gasteiger partial charge in [-0.2, -0.15) is 0 Å². The van der Waals surface area contributed by atoms with Crippen molar-refractivity contribution >= 4 is 16.9 Å². The first-order valence-electron chi connectivity index (χ1n) is 9.17. The van der Waals surface area contributed by atoms with Gasteiger partial charge in [0.15, 0.2) is 17.4 Å². The van der Waals surface area contributed by atoms with Crippen LogP contribution in [0.25, 0.3) is 11.0 Å². The monoisotopic (exact) mass is 367 g/mol. The summed E-state index contributed by atoms with van der Waals surface area (Å²) in [4.78, 5) is 12.5. The number of rotatable bonds is 7. The van der Waals surface area contributed by atoms with Crippen molar-refractivity contribution in [2.24, 2.45) is 0 Å². The van der Waals surface area contributed by atoms with E-state index in [2.05, 4.69) is 5.32 Å². The van der Waals surface area contributed by atoms with Crippen LogP contribution >= 0.6 is 0 Å². The van der Waals surface area contributed by atoms with E-state index in [1.165, 1.54) is 0 Å². The largest absolute Gasteiger partial charge is 0.490 e. The minimum absolute atomic E-state index is 0.200. The van der Waals surface area contributed by atoms with Crippen LogP contribution in [0.4, 0.5) is 0 Å². The first-order valence-corrected chi connectivity index (χ1v) is 9.17. The predicted molar refractivity (Wildman–Crippen MR) is 105 cm³/mol. The molecule has 0 radical (unpaired) electrons. The van der Waals surface area contributed by atoms with Crippen LogP contribution in [-0.4, -0.2) is 18.6 Å². The Labute approximate surface area is 159 Å². The molecule has 0 saturated carbocycles. The molecule has 3 rings (SSSR count). The standard InChI is InChI=1S/C22H25NO4/c1-5-25-19-11-7-9-17-13-20(27-21(17)19)15(3)23-22(24)16(4)26-18-10-6-8-14(2)12-18/h6-13,15-16H,5H2,1-4H3,(H,23,24). The Morgan fingerprint density at radius 3 is 2.67 bits per heavy atom. The summed E-state index contributed by atoms with van der Waals surface area (Å²) < 4.78 is 17.3. The van der Waals surface area contributed by atoms with Gasteiger partial charge in [0.05, 0.1) is 12.6 Å². The highest BCUT2D eigenvalue weighted by Crippen LogP contribution is 2.31. The van der Waals surface area contributed by atoms with Gasteiger partial charge in [-0.25, -0.2) is 0 Å². The van der Waals surface area contributed by atoms with Crippen molar-refractivity contribution in [3.8, 4) is 11.5 Å². The minimum Gasteiger partial charge on any atom is -0.490 e. The van der Waals surface area contributed by atoms with Crippen LogP contribution < -0.4 is 14.8 Å². The molecule has 1 heterocycles. The number of para-hydroxylation sites is 1. The molecule has 5 heteroatoms. The average molecular weight is 367 g/mol. The Morgan fingerprint density at radius 2 is 1.93 bits per heavy atom. The number of hydrogen-bond donors (Lipinski definition) is 1. The Bertz CT molecular complexity index is 931. The Balaban J connectivity index is 1.69. The number of benzene rings is 2. The zero-order valence-electron chi connectivity index (χ0n) is 16.1. The molecule has 5 nitrogen and oxygen atoms in total. The molecule has 0 bridgehead atoms. The van der Waals surface area contributed by atoms with Crippen LogP contribution in [0.1, 0.15) is 38.1 Å². The molecule has 27 heavy (non-hydrogen) atoms. The first kappa shape index (κ1) is 18.8. The Kier molecular flexibility index (Phi) is 5.69. The van der Waals surface area contributed by atoms with Crippen molar-refractivity contribution < 1.29 is 18.7 Å². The van der Waals surface area contributed by atoms with Gasteiger partial charge in [0.1, 0.15) is 11.5 Å². The third-order valence-corrected chi connectivity index (χ3v) is 4.28. The molecule has 0 fully saturated rings. The van der Waals surface area contributed by atoms with E-state index in [1.807, 2.05) is 69.3 Å². The highest BCUT2D eigenvalue weighted by atomic mass is 16.5. The summed E-state index contributed by atoms with van der Waals surface area (Å²) in [7, 11) is 0. The number of amides is 1. The summed E-state index contributed by atoms with van der Waals surface area (Å²) in [6.45, 7) is 8.10. The number of nitrogens with one attached hydrogen (secondary N) is 1. The molecule has 0 spiro atoms. The van der Waals surface area contributed by atoms with E-state index in [0.717, 1.165) is 10.9 Å². The summed E-state index contributed by atoms with van der Waals surface area (Å²) in [6, 6.07) is 15.0. The van der Waals surface area contributed by atoms with E-state index < -0.39 is 6.10 Å². The van der Waals surface area contributed by atoms with E-state index in [4.69, 9.17) is 13.9 Å². The van der Waals surface area contributed by atoms with Crippen molar-refractivity contribution in [1.82, 2.24) is 5.32 Å². The molecule has 142 valence electrons. The second-order valence-electron chi connectivity index (χ2n) is 6.56. The zero-order chi connectivity index (χ0) is 19.4. The van der Waals surface area contributed by atoms with Gasteiger partial charge in [-0.05, 0) is 57.5 Å². The topological polar surface area (TPSA) is 60.7 Å². The zero-order valence-corrected chi connectivity index (χ0v) is 16.1. The third-order valence-electron chi connectivity index (χ3n) is 4.28. The molecule has 2 aromatic carbocycles. The number of ether oxygens (including phenoxy) is 2. The van der Waals surface area contributed by atoms with E-state index >= 15 is 0 Å². The summed E-state index contributed by atoms with van der Waals surface area (Å²) in [5.41, 5.74) is 1.78. The van der Waals surface area contributed by atoms with Gasteiger partial charge in [0.2, 0.25) is 0 Å². The molecule has 2 atom stereocenters. The number of furan rings is 1. The Hall–Kier alpha value is -2.95. The van der Waals surface area contributed by atoms with Gasteiger partial charge in [0, 0.05) is 5.39 Å². The summed E-state index contributed by atoms with van der Waals surface area (Å²) in [5, 5.41) is 3.89. The van der Waals surface area contributed by atoms with Gasteiger partial charge in [0.25, 0.3) is 5.91 Å². The van der Waals surface area contributed by atoms with Crippen molar-refractivity contribution in [2.75, 3.05) is 6.61 Å².